The lowest BCUT2D eigenvalue weighted by molar-refractivity contribution is 0.0789. The molecule has 0 atom stereocenters. The van der Waals surface area contributed by atoms with E-state index in [9.17, 15) is 13.2 Å². The van der Waals surface area contributed by atoms with Gasteiger partial charge in [-0.2, -0.15) is 0 Å². The first-order valence-corrected chi connectivity index (χ1v) is 11.1. The summed E-state index contributed by atoms with van der Waals surface area (Å²) >= 11 is 1.44. The van der Waals surface area contributed by atoms with Gasteiger partial charge in [0.1, 0.15) is 0 Å². The molecule has 1 fully saturated rings. The second-order valence-electron chi connectivity index (χ2n) is 6.04. The molecule has 2 heterocycles. The standard InChI is InChI=1S/C18H21N3O3S2/c1-25-17-5-4-15(12-16(17)18(22)21-10-2-3-11-21)26(23,24)20-13-14-6-8-19-9-7-14/h4-9,12,20H,2-3,10-11,13H2,1H3. The van der Waals surface area contributed by atoms with Crippen molar-refractivity contribution < 1.29 is 13.2 Å². The molecule has 1 N–H and O–H groups in total. The number of thioether (sulfide) groups is 1. The van der Waals surface area contributed by atoms with E-state index in [1.165, 1.54) is 17.8 Å². The Kier molecular flexibility index (Phi) is 5.95. The summed E-state index contributed by atoms with van der Waals surface area (Å²) < 4.78 is 27.9. The number of amides is 1. The lowest BCUT2D eigenvalue weighted by atomic mass is 10.2. The van der Waals surface area contributed by atoms with E-state index in [-0.39, 0.29) is 17.3 Å². The van der Waals surface area contributed by atoms with Crippen molar-refractivity contribution >= 4 is 27.7 Å². The van der Waals surface area contributed by atoms with Crippen molar-refractivity contribution in [3.05, 3.63) is 53.9 Å². The Morgan fingerprint density at radius 2 is 1.88 bits per heavy atom. The van der Waals surface area contributed by atoms with Gasteiger partial charge in [0.25, 0.3) is 5.91 Å². The fourth-order valence-electron chi connectivity index (χ4n) is 2.87. The molecule has 1 amide bonds. The lowest BCUT2D eigenvalue weighted by Gasteiger charge is -2.18. The molecule has 1 aliphatic rings. The van der Waals surface area contributed by atoms with E-state index in [2.05, 4.69) is 9.71 Å². The molecule has 2 aromatic rings. The molecular weight excluding hydrogens is 370 g/mol. The SMILES string of the molecule is CSc1ccc(S(=O)(=O)NCc2ccncc2)cc1C(=O)N1CCCC1. The van der Waals surface area contributed by atoms with Crippen molar-refractivity contribution in [2.75, 3.05) is 19.3 Å². The van der Waals surface area contributed by atoms with Gasteiger partial charge in [-0.1, -0.05) is 0 Å². The number of nitrogens with one attached hydrogen (secondary N) is 1. The van der Waals surface area contributed by atoms with Crippen molar-refractivity contribution in [3.63, 3.8) is 0 Å². The third kappa shape index (κ3) is 4.25. The minimum Gasteiger partial charge on any atom is -0.339 e. The number of sulfonamides is 1. The summed E-state index contributed by atoms with van der Waals surface area (Å²) in [5.41, 5.74) is 1.27. The van der Waals surface area contributed by atoms with Gasteiger partial charge in [-0.05, 0) is 55.0 Å². The molecule has 0 spiro atoms. The van der Waals surface area contributed by atoms with Crippen LogP contribution in [0, 0.1) is 0 Å². The number of hydrogen-bond acceptors (Lipinski definition) is 5. The van der Waals surface area contributed by atoms with Crippen LogP contribution in [0.5, 0.6) is 0 Å². The van der Waals surface area contributed by atoms with Crippen molar-refractivity contribution in [1.29, 1.82) is 0 Å². The Morgan fingerprint density at radius 3 is 2.54 bits per heavy atom. The summed E-state index contributed by atoms with van der Waals surface area (Å²) in [6, 6.07) is 8.24. The molecule has 1 saturated heterocycles. The van der Waals surface area contributed by atoms with Crippen LogP contribution in [-0.4, -0.2) is 43.6 Å². The summed E-state index contributed by atoms with van der Waals surface area (Å²) in [7, 11) is -3.71. The van der Waals surface area contributed by atoms with Gasteiger partial charge in [-0.3, -0.25) is 9.78 Å². The quantitative estimate of drug-likeness (QED) is 0.766. The first-order chi connectivity index (χ1) is 12.5. The topological polar surface area (TPSA) is 79.4 Å². The Hall–Kier alpha value is -1.90. The first-order valence-electron chi connectivity index (χ1n) is 8.37. The van der Waals surface area contributed by atoms with E-state index >= 15 is 0 Å². The van der Waals surface area contributed by atoms with Crippen LogP contribution in [0.25, 0.3) is 0 Å². The average Bonchev–Trinajstić information content (AvgIpc) is 3.21. The molecule has 0 radical (unpaired) electrons. The van der Waals surface area contributed by atoms with E-state index in [0.29, 0.717) is 5.56 Å². The van der Waals surface area contributed by atoms with Crippen LogP contribution >= 0.6 is 11.8 Å². The molecule has 1 aromatic heterocycles. The maximum Gasteiger partial charge on any atom is 0.255 e. The van der Waals surface area contributed by atoms with Crippen LogP contribution in [0.1, 0.15) is 28.8 Å². The minimum absolute atomic E-state index is 0.0990. The molecule has 6 nitrogen and oxygen atoms in total. The number of likely N-dealkylation sites (tertiary alicyclic amines) is 1. The smallest absolute Gasteiger partial charge is 0.255 e. The number of rotatable bonds is 6. The summed E-state index contributed by atoms with van der Waals surface area (Å²) in [5.74, 6) is -0.0990. The zero-order valence-electron chi connectivity index (χ0n) is 14.5. The predicted molar refractivity (Wildman–Crippen MR) is 102 cm³/mol. The van der Waals surface area contributed by atoms with Gasteiger partial charge in [0, 0.05) is 36.9 Å². The maximum absolute atomic E-state index is 12.8. The van der Waals surface area contributed by atoms with Crippen LogP contribution in [0.15, 0.2) is 52.5 Å². The maximum atomic E-state index is 12.8. The fourth-order valence-corrected chi connectivity index (χ4v) is 4.49. The van der Waals surface area contributed by atoms with Crippen molar-refractivity contribution in [3.8, 4) is 0 Å². The van der Waals surface area contributed by atoms with Crippen LogP contribution in [0.3, 0.4) is 0 Å². The summed E-state index contributed by atoms with van der Waals surface area (Å²) in [6.45, 7) is 1.62. The zero-order chi connectivity index (χ0) is 18.6. The third-order valence-electron chi connectivity index (χ3n) is 4.32. The molecule has 0 aliphatic carbocycles. The summed E-state index contributed by atoms with van der Waals surface area (Å²) in [4.78, 5) is 19.4. The predicted octanol–water partition coefficient (Wildman–Crippen LogP) is 2.52. The van der Waals surface area contributed by atoms with Crippen LogP contribution in [-0.2, 0) is 16.6 Å². The van der Waals surface area contributed by atoms with E-state index in [0.717, 1.165) is 36.4 Å². The number of benzene rings is 1. The lowest BCUT2D eigenvalue weighted by Crippen LogP contribution is -2.29. The second kappa shape index (κ2) is 8.20. The van der Waals surface area contributed by atoms with Crippen molar-refractivity contribution in [2.24, 2.45) is 0 Å². The van der Waals surface area contributed by atoms with Crippen molar-refractivity contribution in [2.45, 2.75) is 29.2 Å². The minimum atomic E-state index is -3.71. The number of aromatic nitrogens is 1. The summed E-state index contributed by atoms with van der Waals surface area (Å²) in [6.07, 6.45) is 7.09. The molecule has 0 bridgehead atoms. The Morgan fingerprint density at radius 1 is 1.19 bits per heavy atom. The van der Waals surface area contributed by atoms with Gasteiger partial charge >= 0.3 is 0 Å². The monoisotopic (exact) mass is 391 g/mol. The Labute approximate surface area is 158 Å². The van der Waals surface area contributed by atoms with E-state index in [4.69, 9.17) is 0 Å². The summed E-state index contributed by atoms with van der Waals surface area (Å²) in [5, 5.41) is 0. The molecule has 0 unspecified atom stereocenters. The highest BCUT2D eigenvalue weighted by atomic mass is 32.2. The number of carbonyl (C=O) groups is 1. The molecule has 138 valence electrons. The van der Waals surface area contributed by atoms with Gasteiger partial charge < -0.3 is 4.90 Å². The van der Waals surface area contributed by atoms with Gasteiger partial charge in [-0.15, -0.1) is 11.8 Å². The van der Waals surface area contributed by atoms with Crippen LogP contribution < -0.4 is 4.72 Å². The van der Waals surface area contributed by atoms with E-state index in [1.807, 2.05) is 6.26 Å². The first kappa shape index (κ1) is 18.9. The van der Waals surface area contributed by atoms with Gasteiger partial charge in [0.05, 0.1) is 10.5 Å². The molecule has 0 saturated carbocycles. The number of carbonyl (C=O) groups excluding carboxylic acids is 1. The van der Waals surface area contributed by atoms with Gasteiger partial charge in [0.2, 0.25) is 10.0 Å². The van der Waals surface area contributed by atoms with Crippen LogP contribution in [0.4, 0.5) is 0 Å². The van der Waals surface area contributed by atoms with E-state index < -0.39 is 10.0 Å². The van der Waals surface area contributed by atoms with Crippen LogP contribution in [0.2, 0.25) is 0 Å². The van der Waals surface area contributed by atoms with Gasteiger partial charge in [-0.25, -0.2) is 13.1 Å². The number of pyridine rings is 1. The van der Waals surface area contributed by atoms with Gasteiger partial charge in [0.15, 0.2) is 0 Å². The molecule has 3 rings (SSSR count). The molecule has 1 aromatic carbocycles. The van der Waals surface area contributed by atoms with E-state index in [1.54, 1.807) is 41.6 Å². The largest absolute Gasteiger partial charge is 0.339 e. The third-order valence-corrected chi connectivity index (χ3v) is 6.52. The molecule has 8 heteroatoms. The van der Waals surface area contributed by atoms with Crippen molar-refractivity contribution in [1.82, 2.24) is 14.6 Å². The Bertz CT molecular complexity index is 880. The molecular formula is C18H21N3O3S2. The molecule has 1 aliphatic heterocycles. The number of hydrogen-bond donors (Lipinski definition) is 1. The molecule has 26 heavy (non-hydrogen) atoms. The number of nitrogens with zero attached hydrogens (tertiary/aromatic N) is 2. The second-order valence-corrected chi connectivity index (χ2v) is 8.66. The average molecular weight is 392 g/mol. The highest BCUT2D eigenvalue weighted by Crippen LogP contribution is 2.26. The fraction of sp³-hybridized carbons (Fsp3) is 0.333. The highest BCUT2D eigenvalue weighted by molar-refractivity contribution is 7.98. The highest BCUT2D eigenvalue weighted by Gasteiger charge is 2.24. The Balaban J connectivity index is 1.84. The zero-order valence-corrected chi connectivity index (χ0v) is 16.1. The normalized spacial score (nSPS) is 14.6.